The maximum absolute atomic E-state index is 13.0. The molecule has 0 radical (unpaired) electrons. The highest BCUT2D eigenvalue weighted by Crippen LogP contribution is 2.29. The average molecular weight is 371 g/mol. The van der Waals surface area contributed by atoms with E-state index in [1.807, 2.05) is 0 Å². The summed E-state index contributed by atoms with van der Waals surface area (Å²) in [7, 11) is -3.95. The van der Waals surface area contributed by atoms with Crippen LogP contribution in [0.25, 0.3) is 0 Å². The summed E-state index contributed by atoms with van der Waals surface area (Å²) in [4.78, 5) is 22.9. The molecule has 10 heteroatoms. The second-order valence-corrected chi connectivity index (χ2v) is 7.85. The summed E-state index contributed by atoms with van der Waals surface area (Å²) >= 11 is 0. The highest BCUT2D eigenvalue weighted by atomic mass is 32.2. The normalized spacial score (nSPS) is 23.4. The van der Waals surface area contributed by atoms with Gasteiger partial charge >= 0.3 is 0 Å². The monoisotopic (exact) mass is 371 g/mol. The van der Waals surface area contributed by atoms with Crippen LogP contribution in [0.2, 0.25) is 0 Å². The van der Waals surface area contributed by atoms with E-state index in [9.17, 15) is 27.6 Å². The van der Waals surface area contributed by atoms with Gasteiger partial charge in [0.15, 0.2) is 0 Å². The average Bonchev–Trinajstić information content (AvgIpc) is 2.82. The molecule has 0 bridgehead atoms. The van der Waals surface area contributed by atoms with Crippen LogP contribution in [0.3, 0.4) is 0 Å². The topological polar surface area (TPSA) is 107 Å². The van der Waals surface area contributed by atoms with Crippen LogP contribution in [0.4, 0.5) is 4.39 Å². The number of rotatable bonds is 4. The van der Waals surface area contributed by atoms with Crippen molar-refractivity contribution in [2.45, 2.75) is 31.2 Å². The summed E-state index contributed by atoms with van der Waals surface area (Å²) in [5.41, 5.74) is 0.957. The number of hydrogen-bond acceptors (Lipinski definition) is 5. The fourth-order valence-electron chi connectivity index (χ4n) is 3.13. The van der Waals surface area contributed by atoms with E-state index in [-0.39, 0.29) is 29.9 Å². The van der Waals surface area contributed by atoms with Crippen molar-refractivity contribution >= 4 is 22.0 Å². The van der Waals surface area contributed by atoms with Crippen LogP contribution in [-0.2, 0) is 19.8 Å². The summed E-state index contributed by atoms with van der Waals surface area (Å²) in [5, 5.41) is 9.12. The second-order valence-electron chi connectivity index (χ2n) is 6.15. The van der Waals surface area contributed by atoms with Gasteiger partial charge < -0.3 is 0 Å². The fourth-order valence-corrected chi connectivity index (χ4v) is 4.51. The highest BCUT2D eigenvalue weighted by Gasteiger charge is 2.41. The number of carbonyl (C=O) groups excluding carboxylic acids is 2. The van der Waals surface area contributed by atoms with E-state index in [0.29, 0.717) is 12.8 Å². The lowest BCUT2D eigenvalue weighted by Gasteiger charge is -2.31. The molecule has 2 fully saturated rings. The van der Waals surface area contributed by atoms with Gasteiger partial charge in [0.05, 0.1) is 6.42 Å². The van der Waals surface area contributed by atoms with Crippen molar-refractivity contribution in [2.24, 2.45) is 0 Å². The lowest BCUT2D eigenvalue weighted by Crippen LogP contribution is -2.50. The van der Waals surface area contributed by atoms with Gasteiger partial charge in [-0.2, -0.15) is 22.5 Å². The van der Waals surface area contributed by atoms with Crippen molar-refractivity contribution in [1.29, 1.82) is 0 Å². The minimum atomic E-state index is -3.95. The Hall–Kier alpha value is -1.88. The third-order valence-electron chi connectivity index (χ3n) is 4.55. The van der Waals surface area contributed by atoms with Gasteiger partial charge in [-0.3, -0.25) is 14.8 Å². The van der Waals surface area contributed by atoms with Gasteiger partial charge in [0, 0.05) is 13.1 Å². The van der Waals surface area contributed by atoms with E-state index >= 15 is 0 Å². The number of hydroxylamine groups is 2. The predicted molar refractivity (Wildman–Crippen MR) is 84.0 cm³/mol. The minimum absolute atomic E-state index is 0.0616. The van der Waals surface area contributed by atoms with Crippen LogP contribution >= 0.6 is 0 Å². The van der Waals surface area contributed by atoms with Gasteiger partial charge in [0.2, 0.25) is 0 Å². The number of carbonyl (C=O) groups is 2. The van der Waals surface area contributed by atoms with Crippen molar-refractivity contribution in [3.8, 4) is 0 Å². The van der Waals surface area contributed by atoms with Crippen LogP contribution in [0.1, 0.15) is 30.7 Å². The summed E-state index contributed by atoms with van der Waals surface area (Å²) in [5.74, 6) is -2.00. The molecular weight excluding hydrogens is 353 g/mol. The lowest BCUT2D eigenvalue weighted by atomic mass is 9.90. The first-order chi connectivity index (χ1) is 11.8. The third kappa shape index (κ3) is 3.71. The van der Waals surface area contributed by atoms with E-state index in [2.05, 4.69) is 4.72 Å². The van der Waals surface area contributed by atoms with Gasteiger partial charge in [-0.05, 0) is 36.5 Å². The Morgan fingerprint density at radius 3 is 2.24 bits per heavy atom. The van der Waals surface area contributed by atoms with Crippen LogP contribution < -0.4 is 4.72 Å². The molecule has 25 heavy (non-hydrogen) atoms. The molecule has 0 saturated carbocycles. The Morgan fingerprint density at radius 1 is 1.12 bits per heavy atom. The largest absolute Gasteiger partial charge is 0.280 e. The Morgan fingerprint density at radius 2 is 1.72 bits per heavy atom. The van der Waals surface area contributed by atoms with Crippen molar-refractivity contribution in [1.82, 2.24) is 14.1 Å². The molecule has 1 unspecified atom stereocenters. The number of hydrogen-bond donors (Lipinski definition) is 2. The molecule has 2 aliphatic heterocycles. The molecule has 2 aliphatic rings. The minimum Gasteiger partial charge on any atom is -0.278 e. The molecule has 0 spiro atoms. The molecule has 2 heterocycles. The van der Waals surface area contributed by atoms with Gasteiger partial charge in [0.25, 0.3) is 22.0 Å². The lowest BCUT2D eigenvalue weighted by molar-refractivity contribution is -0.171. The zero-order valence-electron chi connectivity index (χ0n) is 13.3. The summed E-state index contributed by atoms with van der Waals surface area (Å²) in [6.45, 7) is 0.490. The zero-order valence-corrected chi connectivity index (χ0v) is 14.1. The quantitative estimate of drug-likeness (QED) is 0.587. The van der Waals surface area contributed by atoms with Gasteiger partial charge in [-0.25, -0.2) is 4.39 Å². The van der Waals surface area contributed by atoms with Gasteiger partial charge in [0.1, 0.15) is 11.9 Å². The van der Waals surface area contributed by atoms with Crippen LogP contribution in [0, 0.1) is 5.82 Å². The number of amides is 2. The fraction of sp³-hybridized carbons (Fsp3) is 0.467. The van der Waals surface area contributed by atoms with Crippen molar-refractivity contribution in [3.63, 3.8) is 0 Å². The SMILES string of the molecule is O=C1CC(NS(=O)(=O)N2CCC(c3ccc(F)cc3)CC2)C(=O)N1O. The van der Waals surface area contributed by atoms with E-state index in [1.54, 1.807) is 12.1 Å². The van der Waals surface area contributed by atoms with Gasteiger partial charge in [-0.1, -0.05) is 12.1 Å². The molecular formula is C15H18FN3O5S. The maximum atomic E-state index is 13.0. The van der Waals surface area contributed by atoms with Gasteiger partial charge in [-0.15, -0.1) is 0 Å². The zero-order chi connectivity index (χ0) is 18.2. The molecule has 0 aromatic heterocycles. The van der Waals surface area contributed by atoms with Crippen molar-refractivity contribution in [3.05, 3.63) is 35.6 Å². The molecule has 1 atom stereocenters. The van der Waals surface area contributed by atoms with Crippen molar-refractivity contribution < 1.29 is 27.6 Å². The first-order valence-corrected chi connectivity index (χ1v) is 9.30. The molecule has 136 valence electrons. The van der Waals surface area contributed by atoms with Crippen LogP contribution in [0.5, 0.6) is 0 Å². The molecule has 2 amide bonds. The smallest absolute Gasteiger partial charge is 0.278 e. The molecule has 1 aromatic carbocycles. The Balaban J connectivity index is 1.61. The second kappa shape index (κ2) is 6.79. The standard InChI is InChI=1S/C15H18FN3O5S/c16-12-3-1-10(2-4-12)11-5-7-18(8-6-11)25(23,24)17-13-9-14(20)19(22)15(13)21/h1-4,11,13,17,22H,5-9H2. The van der Waals surface area contributed by atoms with E-state index in [4.69, 9.17) is 0 Å². The molecule has 2 N–H and O–H groups in total. The van der Waals surface area contributed by atoms with Crippen molar-refractivity contribution in [2.75, 3.05) is 13.1 Å². The summed E-state index contributed by atoms with van der Waals surface area (Å²) < 4.78 is 41.2. The first kappa shape index (κ1) is 17.9. The maximum Gasteiger partial charge on any atom is 0.280 e. The van der Waals surface area contributed by atoms with Crippen LogP contribution in [0.15, 0.2) is 24.3 Å². The Bertz CT molecular complexity index is 775. The Kier molecular flexibility index (Phi) is 4.87. The Labute approximate surface area is 144 Å². The summed E-state index contributed by atoms with van der Waals surface area (Å²) in [6, 6.07) is 4.87. The van der Waals surface area contributed by atoms with E-state index < -0.39 is 34.5 Å². The number of nitrogens with zero attached hydrogens (tertiary/aromatic N) is 2. The number of benzene rings is 1. The number of imide groups is 1. The highest BCUT2D eigenvalue weighted by molar-refractivity contribution is 7.87. The summed E-state index contributed by atoms with van der Waals surface area (Å²) in [6.07, 6.45) is 0.729. The predicted octanol–water partition coefficient (Wildman–Crippen LogP) is 0.356. The molecule has 1 aromatic rings. The third-order valence-corrected chi connectivity index (χ3v) is 6.18. The number of piperidine rings is 1. The number of halogens is 1. The molecule has 3 rings (SSSR count). The van der Waals surface area contributed by atoms with E-state index in [1.165, 1.54) is 16.4 Å². The molecule has 2 saturated heterocycles. The number of nitrogens with one attached hydrogen (secondary N) is 1. The molecule has 8 nitrogen and oxygen atoms in total. The van der Waals surface area contributed by atoms with E-state index in [0.717, 1.165) is 5.56 Å². The molecule has 0 aliphatic carbocycles. The van der Waals surface area contributed by atoms with Crippen LogP contribution in [-0.4, -0.2) is 53.9 Å². The first-order valence-electron chi connectivity index (χ1n) is 7.86.